The van der Waals surface area contributed by atoms with Gasteiger partial charge in [-0.1, -0.05) is 53.8 Å². The molecule has 2 heterocycles. The number of halogens is 1. The predicted octanol–water partition coefficient (Wildman–Crippen LogP) is 4.77. The third-order valence-electron chi connectivity index (χ3n) is 6.24. The Kier molecular flexibility index (Phi) is 8.61. The highest BCUT2D eigenvalue weighted by molar-refractivity contribution is 7.90. The molecule has 1 aliphatic rings. The number of anilines is 1. The van der Waals surface area contributed by atoms with Gasteiger partial charge in [0.15, 0.2) is 15.0 Å². The SMILES string of the molecule is CS(=O)(=O)c1ccc2nc(N(CCN3CCOCC3)C(=O)c3ccc(-c4ccccc4)cc3)sc2c1.Cl. The number of benzene rings is 3. The van der Waals surface area contributed by atoms with Crippen molar-refractivity contribution in [2.24, 2.45) is 0 Å². The fourth-order valence-electron chi connectivity index (χ4n) is 4.18. The van der Waals surface area contributed by atoms with Gasteiger partial charge in [-0.25, -0.2) is 13.4 Å². The van der Waals surface area contributed by atoms with Gasteiger partial charge in [0.2, 0.25) is 0 Å². The number of rotatable bonds is 7. The molecule has 1 aromatic heterocycles. The molecule has 0 N–H and O–H groups in total. The van der Waals surface area contributed by atoms with Gasteiger partial charge in [-0.15, -0.1) is 12.4 Å². The molecule has 0 bridgehead atoms. The van der Waals surface area contributed by atoms with Crippen LogP contribution in [0.25, 0.3) is 21.3 Å². The first-order valence-corrected chi connectivity index (χ1v) is 14.5. The quantitative estimate of drug-likeness (QED) is 0.326. The Balaban J connectivity index is 0.00000320. The molecule has 3 aromatic carbocycles. The van der Waals surface area contributed by atoms with Crippen LogP contribution in [0, 0.1) is 0 Å². The number of aromatic nitrogens is 1. The zero-order chi connectivity index (χ0) is 25.1. The van der Waals surface area contributed by atoms with Gasteiger partial charge in [0.25, 0.3) is 5.91 Å². The minimum Gasteiger partial charge on any atom is -0.379 e. The maximum absolute atomic E-state index is 13.7. The van der Waals surface area contributed by atoms with E-state index in [0.717, 1.165) is 28.9 Å². The number of nitrogens with zero attached hydrogens (tertiary/aromatic N) is 3. The standard InChI is InChI=1S/C27H27N3O4S2.ClH/c1-36(32,33)23-11-12-24-25(19-23)35-27(28-24)30(14-13-29-15-17-34-18-16-29)26(31)22-9-7-21(8-10-22)20-5-3-2-4-6-20;/h2-12,19H,13-18H2,1H3;1H. The van der Waals surface area contributed by atoms with E-state index in [1.54, 1.807) is 23.1 Å². The van der Waals surface area contributed by atoms with Gasteiger partial charge in [0.05, 0.1) is 28.3 Å². The number of sulfone groups is 1. The lowest BCUT2D eigenvalue weighted by atomic mass is 10.0. The van der Waals surface area contributed by atoms with Crippen LogP contribution in [0.15, 0.2) is 77.7 Å². The summed E-state index contributed by atoms with van der Waals surface area (Å²) in [5, 5.41) is 0.557. The van der Waals surface area contributed by atoms with E-state index in [2.05, 4.69) is 4.90 Å². The minimum atomic E-state index is -3.34. The average molecular weight is 558 g/mol. The molecule has 0 atom stereocenters. The Morgan fingerprint density at radius 1 is 1.00 bits per heavy atom. The van der Waals surface area contributed by atoms with Gasteiger partial charge in [-0.3, -0.25) is 14.6 Å². The highest BCUT2D eigenvalue weighted by Crippen LogP contribution is 2.32. The zero-order valence-corrected chi connectivity index (χ0v) is 22.8. The van der Waals surface area contributed by atoms with Crippen molar-refractivity contribution in [2.75, 3.05) is 50.5 Å². The number of carbonyl (C=O) groups excluding carboxylic acids is 1. The van der Waals surface area contributed by atoms with Crippen molar-refractivity contribution in [2.45, 2.75) is 4.90 Å². The van der Waals surface area contributed by atoms with E-state index >= 15 is 0 Å². The van der Waals surface area contributed by atoms with Crippen LogP contribution in [0.5, 0.6) is 0 Å². The van der Waals surface area contributed by atoms with Crippen molar-refractivity contribution in [1.29, 1.82) is 0 Å². The second-order valence-electron chi connectivity index (χ2n) is 8.75. The summed E-state index contributed by atoms with van der Waals surface area (Å²) in [7, 11) is -3.34. The molecule has 1 saturated heterocycles. The van der Waals surface area contributed by atoms with Crippen LogP contribution < -0.4 is 4.90 Å². The summed E-state index contributed by atoms with van der Waals surface area (Å²) in [5.74, 6) is -0.134. The Morgan fingerprint density at radius 2 is 1.68 bits per heavy atom. The summed E-state index contributed by atoms with van der Waals surface area (Å²) in [4.78, 5) is 22.6. The Morgan fingerprint density at radius 3 is 2.35 bits per heavy atom. The molecule has 194 valence electrons. The van der Waals surface area contributed by atoms with Crippen molar-refractivity contribution >= 4 is 54.8 Å². The summed E-state index contributed by atoms with van der Waals surface area (Å²) < 4.78 is 30.2. The summed E-state index contributed by atoms with van der Waals surface area (Å²) in [6.45, 7) is 4.19. The average Bonchev–Trinajstić information content (AvgIpc) is 3.32. The maximum atomic E-state index is 13.7. The molecule has 7 nitrogen and oxygen atoms in total. The number of fused-ring (bicyclic) bond motifs is 1. The number of morpholine rings is 1. The molecule has 5 rings (SSSR count). The fourth-order valence-corrected chi connectivity index (χ4v) is 5.93. The fraction of sp³-hybridized carbons (Fsp3) is 0.259. The lowest BCUT2D eigenvalue weighted by Crippen LogP contribution is -2.43. The second kappa shape index (κ2) is 11.7. The first-order chi connectivity index (χ1) is 17.4. The van der Waals surface area contributed by atoms with E-state index in [1.807, 2.05) is 54.6 Å². The highest BCUT2D eigenvalue weighted by Gasteiger charge is 2.23. The van der Waals surface area contributed by atoms with Gasteiger partial charge in [0.1, 0.15) is 0 Å². The molecule has 4 aromatic rings. The molecule has 0 spiro atoms. The molecule has 1 aliphatic heterocycles. The van der Waals surface area contributed by atoms with Gasteiger partial charge < -0.3 is 4.74 Å². The smallest absolute Gasteiger partial charge is 0.260 e. The summed E-state index contributed by atoms with van der Waals surface area (Å²) in [5.41, 5.74) is 3.38. The van der Waals surface area contributed by atoms with Gasteiger partial charge in [0, 0.05) is 38.0 Å². The van der Waals surface area contributed by atoms with Crippen molar-refractivity contribution < 1.29 is 17.9 Å². The summed E-state index contributed by atoms with van der Waals surface area (Å²) >= 11 is 1.33. The van der Waals surface area contributed by atoms with E-state index in [-0.39, 0.29) is 23.2 Å². The molecule has 10 heteroatoms. The van der Waals surface area contributed by atoms with E-state index < -0.39 is 9.84 Å². The summed E-state index contributed by atoms with van der Waals surface area (Å²) in [6, 6.07) is 22.5. The number of carbonyl (C=O) groups is 1. The molecular formula is C27H28ClN3O4S2. The van der Waals surface area contributed by atoms with Crippen molar-refractivity contribution in [3.05, 3.63) is 78.4 Å². The number of hydrogen-bond donors (Lipinski definition) is 0. The van der Waals surface area contributed by atoms with Gasteiger partial charge >= 0.3 is 0 Å². The molecule has 1 amide bonds. The number of amides is 1. The first kappa shape index (κ1) is 27.2. The number of hydrogen-bond acceptors (Lipinski definition) is 7. The molecular weight excluding hydrogens is 530 g/mol. The minimum absolute atomic E-state index is 0. The first-order valence-electron chi connectivity index (χ1n) is 11.8. The van der Waals surface area contributed by atoms with E-state index in [1.165, 1.54) is 17.6 Å². The molecule has 0 unspecified atom stereocenters. The monoisotopic (exact) mass is 557 g/mol. The second-order valence-corrected chi connectivity index (χ2v) is 11.8. The Hall–Kier alpha value is -2.82. The third-order valence-corrected chi connectivity index (χ3v) is 8.39. The highest BCUT2D eigenvalue weighted by atomic mass is 35.5. The lowest BCUT2D eigenvalue weighted by Gasteiger charge is -2.29. The topological polar surface area (TPSA) is 79.8 Å². The third kappa shape index (κ3) is 6.37. The van der Waals surface area contributed by atoms with E-state index in [9.17, 15) is 13.2 Å². The molecule has 37 heavy (non-hydrogen) atoms. The largest absolute Gasteiger partial charge is 0.379 e. The summed E-state index contributed by atoms with van der Waals surface area (Å²) in [6.07, 6.45) is 1.19. The number of thiazole rings is 1. The molecule has 0 radical (unpaired) electrons. The van der Waals surface area contributed by atoms with Crippen LogP contribution in [0.1, 0.15) is 10.4 Å². The van der Waals surface area contributed by atoms with Crippen molar-refractivity contribution in [3.63, 3.8) is 0 Å². The van der Waals surface area contributed by atoms with Gasteiger partial charge in [-0.2, -0.15) is 0 Å². The normalized spacial score (nSPS) is 14.3. The Bertz CT molecular complexity index is 1470. The van der Waals surface area contributed by atoms with Crippen LogP contribution in [0.3, 0.4) is 0 Å². The lowest BCUT2D eigenvalue weighted by molar-refractivity contribution is 0.0391. The van der Waals surface area contributed by atoms with Crippen molar-refractivity contribution in [1.82, 2.24) is 9.88 Å². The van der Waals surface area contributed by atoms with E-state index in [0.29, 0.717) is 42.5 Å². The van der Waals surface area contributed by atoms with Gasteiger partial charge in [-0.05, 0) is 41.5 Å². The predicted molar refractivity (Wildman–Crippen MR) is 151 cm³/mol. The molecule has 0 aliphatic carbocycles. The van der Waals surface area contributed by atoms with Crippen molar-refractivity contribution in [3.8, 4) is 11.1 Å². The van der Waals surface area contributed by atoms with Crippen LogP contribution in [0.4, 0.5) is 5.13 Å². The maximum Gasteiger partial charge on any atom is 0.260 e. The number of ether oxygens (including phenoxy) is 1. The zero-order valence-electron chi connectivity index (χ0n) is 20.4. The van der Waals surface area contributed by atoms with Crippen LogP contribution >= 0.6 is 23.7 Å². The van der Waals surface area contributed by atoms with Crippen LogP contribution in [-0.2, 0) is 14.6 Å². The van der Waals surface area contributed by atoms with Crippen LogP contribution in [-0.4, -0.2) is 69.9 Å². The molecule has 0 saturated carbocycles. The van der Waals surface area contributed by atoms with Crippen LogP contribution in [0.2, 0.25) is 0 Å². The Labute approximate surface area is 227 Å². The van der Waals surface area contributed by atoms with E-state index in [4.69, 9.17) is 9.72 Å². The molecule has 1 fully saturated rings.